The summed E-state index contributed by atoms with van der Waals surface area (Å²) in [5.41, 5.74) is 3.36. The van der Waals surface area contributed by atoms with Crippen molar-refractivity contribution in [1.82, 2.24) is 10.2 Å². The summed E-state index contributed by atoms with van der Waals surface area (Å²) in [4.78, 5) is 37.1. The first-order valence-corrected chi connectivity index (χ1v) is 11.5. The topological polar surface area (TPSA) is 95.9 Å². The fraction of sp³-hybridized carbons (Fsp3) is 0.423. The van der Waals surface area contributed by atoms with E-state index in [1.807, 2.05) is 48.5 Å². The van der Waals surface area contributed by atoms with Crippen molar-refractivity contribution in [3.8, 4) is 11.1 Å². The molecular weight excluding hydrogens is 458 g/mol. The van der Waals surface area contributed by atoms with Crippen molar-refractivity contribution in [2.24, 2.45) is 11.3 Å². The fourth-order valence-electron chi connectivity index (χ4n) is 4.86. The Hall–Kier alpha value is -3.49. The molecule has 2 aliphatic rings. The zero-order valence-electron chi connectivity index (χ0n) is 19.6. The number of alkyl carbamates (subject to hydrolysis) is 1. The van der Waals surface area contributed by atoms with Crippen molar-refractivity contribution in [2.75, 3.05) is 26.2 Å². The highest BCUT2D eigenvalue weighted by molar-refractivity contribution is 5.84. The third kappa shape index (κ3) is 4.85. The molecule has 1 fully saturated rings. The Morgan fingerprint density at radius 1 is 1.09 bits per heavy atom. The van der Waals surface area contributed by atoms with Crippen LogP contribution in [0.3, 0.4) is 0 Å². The first kappa shape index (κ1) is 24.6. The number of carbonyl (C=O) groups is 3. The number of benzene rings is 2. The van der Waals surface area contributed by atoms with Crippen LogP contribution in [0.25, 0.3) is 11.1 Å². The van der Waals surface area contributed by atoms with E-state index in [2.05, 4.69) is 5.32 Å². The molecule has 186 valence electrons. The van der Waals surface area contributed by atoms with Crippen LogP contribution in [0.2, 0.25) is 0 Å². The molecule has 4 rings (SSSR count). The standard InChI is InChI=1S/C26H28F2N2O5/c1-25(2,23(33)30-13-21(22(31)32)26(27,28)15-30)11-12-29-24(34)35-14-20-18-9-5-3-7-16(18)17-8-4-6-10-19(17)20/h3-10,20-21H,11-15H2,1-2H3,(H,29,34)(H,31,32). The van der Waals surface area contributed by atoms with Gasteiger partial charge in [-0.2, -0.15) is 0 Å². The summed E-state index contributed by atoms with van der Waals surface area (Å²) in [7, 11) is 0. The number of carboxylic acid groups (broad SMARTS) is 1. The van der Waals surface area contributed by atoms with Crippen molar-refractivity contribution >= 4 is 18.0 Å². The molecule has 1 unspecified atom stereocenters. The van der Waals surface area contributed by atoms with E-state index in [1.165, 1.54) is 0 Å². The molecule has 0 bridgehead atoms. The molecule has 1 saturated heterocycles. The minimum Gasteiger partial charge on any atom is -0.481 e. The molecule has 7 nitrogen and oxygen atoms in total. The van der Waals surface area contributed by atoms with Gasteiger partial charge < -0.3 is 20.1 Å². The lowest BCUT2D eigenvalue weighted by molar-refractivity contribution is -0.151. The molecule has 0 spiro atoms. The molecular formula is C26H28F2N2O5. The number of halogens is 2. The van der Waals surface area contributed by atoms with Gasteiger partial charge in [0, 0.05) is 24.4 Å². The summed E-state index contributed by atoms with van der Waals surface area (Å²) in [6.07, 6.45) is -0.454. The fourth-order valence-corrected chi connectivity index (χ4v) is 4.86. The zero-order chi connectivity index (χ0) is 25.4. The number of likely N-dealkylation sites (tertiary alicyclic amines) is 1. The molecule has 2 aromatic rings. The molecule has 2 N–H and O–H groups in total. The van der Waals surface area contributed by atoms with Crippen LogP contribution in [0.1, 0.15) is 37.3 Å². The second-order valence-corrected chi connectivity index (χ2v) is 9.72. The number of fused-ring (bicyclic) bond motifs is 3. The lowest BCUT2D eigenvalue weighted by Crippen LogP contribution is -2.42. The van der Waals surface area contributed by atoms with Gasteiger partial charge in [0.25, 0.3) is 5.92 Å². The number of nitrogens with one attached hydrogen (secondary N) is 1. The smallest absolute Gasteiger partial charge is 0.407 e. The number of amides is 2. The van der Waals surface area contributed by atoms with E-state index in [-0.39, 0.29) is 25.5 Å². The van der Waals surface area contributed by atoms with Gasteiger partial charge in [0.15, 0.2) is 0 Å². The SMILES string of the molecule is CC(C)(CCNC(=O)OCC1c2ccccc2-c2ccccc21)C(=O)N1CC(C(=O)O)C(F)(F)C1. The number of aliphatic carboxylic acids is 1. The van der Waals surface area contributed by atoms with Gasteiger partial charge in [-0.1, -0.05) is 62.4 Å². The van der Waals surface area contributed by atoms with Crippen LogP contribution < -0.4 is 5.32 Å². The average molecular weight is 487 g/mol. The Morgan fingerprint density at radius 2 is 1.66 bits per heavy atom. The van der Waals surface area contributed by atoms with Gasteiger partial charge in [-0.3, -0.25) is 9.59 Å². The van der Waals surface area contributed by atoms with E-state index < -0.39 is 48.3 Å². The number of hydrogen-bond acceptors (Lipinski definition) is 4. The summed E-state index contributed by atoms with van der Waals surface area (Å²) in [6, 6.07) is 16.0. The molecule has 2 aromatic carbocycles. The van der Waals surface area contributed by atoms with Crippen LogP contribution in [0, 0.1) is 11.3 Å². The summed E-state index contributed by atoms with van der Waals surface area (Å²) >= 11 is 0. The van der Waals surface area contributed by atoms with Gasteiger partial charge in [-0.25, -0.2) is 13.6 Å². The molecule has 0 radical (unpaired) electrons. The van der Waals surface area contributed by atoms with Gasteiger partial charge in [-0.15, -0.1) is 0 Å². The Bertz CT molecular complexity index is 1100. The highest BCUT2D eigenvalue weighted by atomic mass is 19.3. The predicted molar refractivity (Wildman–Crippen MR) is 124 cm³/mol. The summed E-state index contributed by atoms with van der Waals surface area (Å²) in [6.45, 7) is 1.96. The number of rotatable bonds is 7. The number of nitrogens with zero attached hydrogens (tertiary/aromatic N) is 1. The largest absolute Gasteiger partial charge is 0.481 e. The summed E-state index contributed by atoms with van der Waals surface area (Å²) in [5, 5.41) is 11.6. The van der Waals surface area contributed by atoms with Crippen LogP contribution in [-0.4, -0.2) is 60.1 Å². The number of carbonyl (C=O) groups excluding carboxylic acids is 2. The van der Waals surface area contributed by atoms with Crippen molar-refractivity contribution in [3.05, 3.63) is 59.7 Å². The van der Waals surface area contributed by atoms with Crippen molar-refractivity contribution in [1.29, 1.82) is 0 Å². The second kappa shape index (κ2) is 9.28. The molecule has 2 amide bonds. The van der Waals surface area contributed by atoms with Crippen LogP contribution in [0.15, 0.2) is 48.5 Å². The van der Waals surface area contributed by atoms with E-state index in [9.17, 15) is 23.2 Å². The van der Waals surface area contributed by atoms with E-state index >= 15 is 0 Å². The molecule has 0 aromatic heterocycles. The van der Waals surface area contributed by atoms with Gasteiger partial charge >= 0.3 is 12.1 Å². The van der Waals surface area contributed by atoms with E-state index in [0.717, 1.165) is 27.2 Å². The Kier molecular flexibility index (Phi) is 6.53. The normalized spacial score (nSPS) is 18.6. The highest BCUT2D eigenvalue weighted by Crippen LogP contribution is 2.44. The number of carboxylic acids is 1. The number of ether oxygens (including phenoxy) is 1. The Labute approximate surface area is 202 Å². The van der Waals surface area contributed by atoms with E-state index in [4.69, 9.17) is 9.84 Å². The van der Waals surface area contributed by atoms with Gasteiger partial charge in [0.2, 0.25) is 5.91 Å². The number of hydrogen-bond donors (Lipinski definition) is 2. The molecule has 1 aliphatic carbocycles. The third-order valence-corrected chi connectivity index (χ3v) is 6.84. The number of alkyl halides is 2. The summed E-state index contributed by atoms with van der Waals surface area (Å²) in [5.74, 6) is -7.67. The maximum atomic E-state index is 14.0. The lowest BCUT2D eigenvalue weighted by atomic mass is 9.87. The van der Waals surface area contributed by atoms with Crippen molar-refractivity contribution < 1.29 is 33.0 Å². The molecule has 35 heavy (non-hydrogen) atoms. The Morgan fingerprint density at radius 3 is 2.20 bits per heavy atom. The monoisotopic (exact) mass is 486 g/mol. The van der Waals surface area contributed by atoms with Crippen molar-refractivity contribution in [2.45, 2.75) is 32.1 Å². The average Bonchev–Trinajstić information content (AvgIpc) is 3.31. The maximum Gasteiger partial charge on any atom is 0.407 e. The predicted octanol–water partition coefficient (Wildman–Crippen LogP) is 4.12. The first-order chi connectivity index (χ1) is 16.5. The maximum absolute atomic E-state index is 14.0. The highest BCUT2D eigenvalue weighted by Gasteiger charge is 2.54. The van der Waals surface area contributed by atoms with E-state index in [1.54, 1.807) is 13.8 Å². The second-order valence-electron chi connectivity index (χ2n) is 9.72. The third-order valence-electron chi connectivity index (χ3n) is 6.84. The van der Waals surface area contributed by atoms with Gasteiger partial charge in [-0.05, 0) is 28.7 Å². The Balaban J connectivity index is 1.29. The molecule has 9 heteroatoms. The molecule has 0 saturated carbocycles. The van der Waals surface area contributed by atoms with Gasteiger partial charge in [0.1, 0.15) is 12.5 Å². The zero-order valence-corrected chi connectivity index (χ0v) is 19.6. The molecule has 1 aliphatic heterocycles. The van der Waals surface area contributed by atoms with Gasteiger partial charge in [0.05, 0.1) is 6.54 Å². The lowest BCUT2D eigenvalue weighted by Gasteiger charge is -2.29. The van der Waals surface area contributed by atoms with E-state index in [0.29, 0.717) is 0 Å². The summed E-state index contributed by atoms with van der Waals surface area (Å²) < 4.78 is 33.4. The minimum atomic E-state index is -3.48. The quantitative estimate of drug-likeness (QED) is 0.614. The van der Waals surface area contributed by atoms with Crippen LogP contribution in [0.5, 0.6) is 0 Å². The van der Waals surface area contributed by atoms with Crippen LogP contribution >= 0.6 is 0 Å². The molecule has 1 heterocycles. The van der Waals surface area contributed by atoms with Crippen LogP contribution in [-0.2, 0) is 14.3 Å². The molecule has 1 atom stereocenters. The first-order valence-electron chi connectivity index (χ1n) is 11.5. The van der Waals surface area contributed by atoms with Crippen molar-refractivity contribution in [3.63, 3.8) is 0 Å². The minimum absolute atomic E-state index is 0.0785. The van der Waals surface area contributed by atoms with Crippen LogP contribution in [0.4, 0.5) is 13.6 Å².